The molecular weight excluding hydrogens is 262 g/mol. The standard InChI is InChI=1S/C18H35NO2/c1-2-3-4-11-14-17(20)15-12-9-7-5-6-8-10-13-16-18(19)21/h9,12,17,20H,2-8,10-11,13-16H2,1H3,(H2,19,21)/b12-9-/t17-/m0/s1. The van der Waals surface area contributed by atoms with Crippen LogP contribution in [0.15, 0.2) is 12.2 Å². The average molecular weight is 297 g/mol. The number of hydrogen-bond donors (Lipinski definition) is 2. The predicted molar refractivity (Wildman–Crippen MR) is 90.0 cm³/mol. The number of hydrogen-bond acceptors (Lipinski definition) is 2. The lowest BCUT2D eigenvalue weighted by atomic mass is 10.1. The predicted octanol–water partition coefficient (Wildman–Crippen LogP) is 4.48. The van der Waals surface area contributed by atoms with Gasteiger partial charge in [0.2, 0.25) is 5.91 Å². The van der Waals surface area contributed by atoms with Gasteiger partial charge in [0, 0.05) is 6.42 Å². The molecule has 0 bridgehead atoms. The first-order valence-electron chi connectivity index (χ1n) is 8.78. The summed E-state index contributed by atoms with van der Waals surface area (Å²) < 4.78 is 0. The second kappa shape index (κ2) is 15.6. The third-order valence-electron chi connectivity index (χ3n) is 3.76. The van der Waals surface area contributed by atoms with Gasteiger partial charge in [-0.3, -0.25) is 4.79 Å². The largest absolute Gasteiger partial charge is 0.393 e. The molecular formula is C18H35NO2. The van der Waals surface area contributed by atoms with Crippen LogP contribution in [0, 0.1) is 0 Å². The van der Waals surface area contributed by atoms with Gasteiger partial charge in [-0.15, -0.1) is 0 Å². The second-order valence-corrected chi connectivity index (χ2v) is 5.98. The summed E-state index contributed by atoms with van der Waals surface area (Å²) in [7, 11) is 0. The second-order valence-electron chi connectivity index (χ2n) is 5.98. The van der Waals surface area contributed by atoms with Gasteiger partial charge in [-0.25, -0.2) is 0 Å². The fourth-order valence-corrected chi connectivity index (χ4v) is 2.39. The van der Waals surface area contributed by atoms with Crippen LogP contribution < -0.4 is 5.73 Å². The third kappa shape index (κ3) is 17.1. The summed E-state index contributed by atoms with van der Waals surface area (Å²) in [4.78, 5) is 10.6. The van der Waals surface area contributed by atoms with Crippen molar-refractivity contribution in [2.24, 2.45) is 5.73 Å². The molecule has 0 radical (unpaired) electrons. The highest BCUT2D eigenvalue weighted by molar-refractivity contribution is 5.73. The normalized spacial score (nSPS) is 12.9. The number of allylic oxidation sites excluding steroid dienone is 1. The van der Waals surface area contributed by atoms with Crippen molar-refractivity contribution < 1.29 is 9.90 Å². The molecule has 0 aromatic rings. The zero-order chi connectivity index (χ0) is 15.8. The zero-order valence-corrected chi connectivity index (χ0v) is 13.9. The van der Waals surface area contributed by atoms with Gasteiger partial charge in [-0.05, 0) is 32.1 Å². The van der Waals surface area contributed by atoms with Crippen LogP contribution in [-0.2, 0) is 4.79 Å². The molecule has 0 rings (SSSR count). The number of aliphatic hydroxyl groups is 1. The first-order valence-corrected chi connectivity index (χ1v) is 8.78. The Morgan fingerprint density at radius 2 is 1.67 bits per heavy atom. The highest BCUT2D eigenvalue weighted by atomic mass is 16.3. The number of carbonyl (C=O) groups excluding carboxylic acids is 1. The van der Waals surface area contributed by atoms with Crippen LogP contribution in [0.2, 0.25) is 0 Å². The molecule has 0 fully saturated rings. The Morgan fingerprint density at radius 3 is 2.38 bits per heavy atom. The number of rotatable bonds is 15. The molecule has 0 spiro atoms. The van der Waals surface area contributed by atoms with E-state index in [2.05, 4.69) is 19.1 Å². The van der Waals surface area contributed by atoms with E-state index >= 15 is 0 Å². The van der Waals surface area contributed by atoms with Crippen LogP contribution in [-0.4, -0.2) is 17.1 Å². The van der Waals surface area contributed by atoms with Crippen LogP contribution >= 0.6 is 0 Å². The van der Waals surface area contributed by atoms with Crippen molar-refractivity contribution >= 4 is 5.91 Å². The Hall–Kier alpha value is -0.830. The smallest absolute Gasteiger partial charge is 0.217 e. The van der Waals surface area contributed by atoms with Crippen molar-refractivity contribution in [3.63, 3.8) is 0 Å². The number of amides is 1. The minimum Gasteiger partial charge on any atom is -0.393 e. The van der Waals surface area contributed by atoms with Gasteiger partial charge in [-0.2, -0.15) is 0 Å². The first kappa shape index (κ1) is 20.2. The highest BCUT2D eigenvalue weighted by Crippen LogP contribution is 2.10. The average Bonchev–Trinajstić information content (AvgIpc) is 2.45. The lowest BCUT2D eigenvalue weighted by molar-refractivity contribution is -0.118. The van der Waals surface area contributed by atoms with E-state index in [1.54, 1.807) is 0 Å². The maximum Gasteiger partial charge on any atom is 0.217 e. The van der Waals surface area contributed by atoms with E-state index in [4.69, 9.17) is 5.73 Å². The Morgan fingerprint density at radius 1 is 1.00 bits per heavy atom. The summed E-state index contributed by atoms with van der Waals surface area (Å²) in [6.45, 7) is 2.21. The molecule has 0 aromatic heterocycles. The van der Waals surface area contributed by atoms with Crippen LogP contribution in [0.1, 0.15) is 90.4 Å². The summed E-state index contributed by atoms with van der Waals surface area (Å²) in [5, 5.41) is 9.80. The van der Waals surface area contributed by atoms with Crippen LogP contribution in [0.5, 0.6) is 0 Å². The SMILES string of the molecule is CCCCCC[C@H](O)C/C=C\CCCCCCCC(N)=O. The maximum atomic E-state index is 10.6. The minimum absolute atomic E-state index is 0.160. The van der Waals surface area contributed by atoms with Gasteiger partial charge in [0.25, 0.3) is 0 Å². The molecule has 0 unspecified atom stereocenters. The molecule has 0 aliphatic rings. The van der Waals surface area contributed by atoms with Gasteiger partial charge in [0.15, 0.2) is 0 Å². The lowest BCUT2D eigenvalue weighted by Gasteiger charge is -2.07. The molecule has 0 saturated heterocycles. The first-order chi connectivity index (χ1) is 10.2. The Labute approximate surface area is 131 Å². The number of carbonyl (C=O) groups is 1. The van der Waals surface area contributed by atoms with Gasteiger partial charge in [-0.1, -0.05) is 64.0 Å². The highest BCUT2D eigenvalue weighted by Gasteiger charge is 2.00. The summed E-state index contributed by atoms with van der Waals surface area (Å²) in [6, 6.07) is 0. The van der Waals surface area contributed by atoms with Crippen molar-refractivity contribution in [3.8, 4) is 0 Å². The molecule has 0 aromatic carbocycles. The monoisotopic (exact) mass is 297 g/mol. The molecule has 1 amide bonds. The molecule has 3 heteroatoms. The quantitative estimate of drug-likeness (QED) is 0.346. The molecule has 3 nitrogen and oxygen atoms in total. The van der Waals surface area contributed by atoms with E-state index in [1.807, 2.05) is 0 Å². The molecule has 1 atom stereocenters. The number of primary amides is 1. The molecule has 0 saturated carbocycles. The van der Waals surface area contributed by atoms with E-state index < -0.39 is 0 Å². The Kier molecular flexibility index (Phi) is 14.9. The van der Waals surface area contributed by atoms with Crippen LogP contribution in [0.25, 0.3) is 0 Å². The van der Waals surface area contributed by atoms with E-state index in [1.165, 1.54) is 38.5 Å². The lowest BCUT2D eigenvalue weighted by Crippen LogP contribution is -2.09. The van der Waals surface area contributed by atoms with Gasteiger partial charge < -0.3 is 10.8 Å². The zero-order valence-electron chi connectivity index (χ0n) is 13.9. The maximum absolute atomic E-state index is 10.6. The summed E-state index contributed by atoms with van der Waals surface area (Å²) in [5.74, 6) is -0.189. The van der Waals surface area contributed by atoms with Gasteiger partial charge in [0.05, 0.1) is 6.10 Å². The Bertz CT molecular complexity index is 264. The molecule has 0 heterocycles. The topological polar surface area (TPSA) is 63.3 Å². The fourth-order valence-electron chi connectivity index (χ4n) is 2.39. The molecule has 21 heavy (non-hydrogen) atoms. The number of unbranched alkanes of at least 4 members (excludes halogenated alkanes) is 8. The van der Waals surface area contributed by atoms with E-state index in [9.17, 15) is 9.90 Å². The third-order valence-corrected chi connectivity index (χ3v) is 3.76. The van der Waals surface area contributed by atoms with E-state index in [0.29, 0.717) is 6.42 Å². The van der Waals surface area contributed by atoms with Crippen molar-refractivity contribution in [2.45, 2.75) is 96.5 Å². The van der Waals surface area contributed by atoms with Crippen molar-refractivity contribution in [3.05, 3.63) is 12.2 Å². The van der Waals surface area contributed by atoms with Crippen molar-refractivity contribution in [2.75, 3.05) is 0 Å². The number of aliphatic hydroxyl groups excluding tert-OH is 1. The molecule has 3 N–H and O–H groups in total. The fraction of sp³-hybridized carbons (Fsp3) is 0.833. The number of nitrogens with two attached hydrogens (primary N) is 1. The summed E-state index contributed by atoms with van der Waals surface area (Å²) >= 11 is 0. The van der Waals surface area contributed by atoms with E-state index in [0.717, 1.165) is 38.5 Å². The van der Waals surface area contributed by atoms with Crippen LogP contribution in [0.3, 0.4) is 0 Å². The van der Waals surface area contributed by atoms with Crippen LogP contribution in [0.4, 0.5) is 0 Å². The van der Waals surface area contributed by atoms with Gasteiger partial charge >= 0.3 is 0 Å². The molecule has 0 aliphatic heterocycles. The molecule has 0 aliphatic carbocycles. The van der Waals surface area contributed by atoms with Crippen molar-refractivity contribution in [1.29, 1.82) is 0 Å². The summed E-state index contributed by atoms with van der Waals surface area (Å²) in [5.41, 5.74) is 5.09. The molecule has 124 valence electrons. The van der Waals surface area contributed by atoms with E-state index in [-0.39, 0.29) is 12.0 Å². The van der Waals surface area contributed by atoms with Gasteiger partial charge in [0.1, 0.15) is 0 Å². The minimum atomic E-state index is -0.189. The van der Waals surface area contributed by atoms with Crippen molar-refractivity contribution in [1.82, 2.24) is 0 Å². The summed E-state index contributed by atoms with van der Waals surface area (Å²) in [6.07, 6.45) is 18.0. The Balaban J connectivity index is 3.26.